The van der Waals surface area contributed by atoms with E-state index in [4.69, 9.17) is 0 Å². The molecule has 4 rings (SSSR count). The third kappa shape index (κ3) is 3.79. The van der Waals surface area contributed by atoms with Crippen LogP contribution < -0.4 is 9.80 Å². The van der Waals surface area contributed by atoms with Gasteiger partial charge >= 0.3 is 0 Å². The highest BCUT2D eigenvalue weighted by Gasteiger charge is 2.30. The summed E-state index contributed by atoms with van der Waals surface area (Å²) in [5.74, 6) is -1.57. The van der Waals surface area contributed by atoms with Crippen LogP contribution in [0.25, 0.3) is 0 Å². The van der Waals surface area contributed by atoms with Crippen LogP contribution in [0, 0.1) is 21.7 Å². The number of amides is 1. The first-order chi connectivity index (χ1) is 14.5. The lowest BCUT2D eigenvalue weighted by atomic mass is 10.1. The second kappa shape index (κ2) is 8.25. The average molecular weight is 416 g/mol. The lowest BCUT2D eigenvalue weighted by Crippen LogP contribution is -2.49. The number of benzene rings is 2. The van der Waals surface area contributed by atoms with E-state index in [2.05, 4.69) is 0 Å². The van der Waals surface area contributed by atoms with Gasteiger partial charge in [-0.25, -0.2) is 8.78 Å². The zero-order valence-electron chi connectivity index (χ0n) is 16.4. The number of anilines is 2. The highest BCUT2D eigenvalue weighted by Crippen LogP contribution is 2.36. The standard InChI is InChI=1S/C21H22F2N4O3/c22-16-6-2-1-5-15(16)21(28)26-11-9-25(10-12-26)19-14-18(24-7-3-4-8-24)17(23)13-20(19)27(29)30/h1-2,5-6,13-14H,3-4,7-12H2. The Morgan fingerprint density at radius 3 is 2.13 bits per heavy atom. The highest BCUT2D eigenvalue weighted by molar-refractivity contribution is 5.94. The van der Waals surface area contributed by atoms with Gasteiger partial charge in [-0.1, -0.05) is 12.1 Å². The van der Waals surface area contributed by atoms with Crippen molar-refractivity contribution in [2.45, 2.75) is 12.8 Å². The van der Waals surface area contributed by atoms with Gasteiger partial charge in [-0.2, -0.15) is 0 Å². The third-order valence-corrected chi connectivity index (χ3v) is 5.70. The van der Waals surface area contributed by atoms with Crippen molar-refractivity contribution in [1.82, 2.24) is 4.90 Å². The minimum Gasteiger partial charge on any atom is -0.369 e. The summed E-state index contributed by atoms with van der Waals surface area (Å²) < 4.78 is 28.5. The monoisotopic (exact) mass is 416 g/mol. The molecule has 0 atom stereocenters. The third-order valence-electron chi connectivity index (χ3n) is 5.70. The summed E-state index contributed by atoms with van der Waals surface area (Å²) in [6.45, 7) is 2.71. The molecule has 158 valence electrons. The lowest BCUT2D eigenvalue weighted by molar-refractivity contribution is -0.384. The number of nitro groups is 1. The number of carbonyl (C=O) groups excluding carboxylic acids is 1. The van der Waals surface area contributed by atoms with Gasteiger partial charge in [0.25, 0.3) is 11.6 Å². The van der Waals surface area contributed by atoms with Crippen LogP contribution in [0.15, 0.2) is 36.4 Å². The molecule has 2 aliphatic rings. The fourth-order valence-corrected chi connectivity index (χ4v) is 4.10. The van der Waals surface area contributed by atoms with E-state index in [-0.39, 0.29) is 11.3 Å². The van der Waals surface area contributed by atoms with E-state index >= 15 is 0 Å². The smallest absolute Gasteiger partial charge is 0.295 e. The summed E-state index contributed by atoms with van der Waals surface area (Å²) in [5.41, 5.74) is 0.443. The number of nitrogens with zero attached hydrogens (tertiary/aromatic N) is 4. The fraction of sp³-hybridized carbons (Fsp3) is 0.381. The maximum Gasteiger partial charge on any atom is 0.295 e. The first-order valence-corrected chi connectivity index (χ1v) is 9.97. The number of carbonyl (C=O) groups is 1. The topological polar surface area (TPSA) is 69.9 Å². The zero-order chi connectivity index (χ0) is 21.3. The minimum absolute atomic E-state index is 0.00929. The van der Waals surface area contributed by atoms with E-state index < -0.39 is 22.5 Å². The molecule has 0 spiro atoms. The van der Waals surface area contributed by atoms with Crippen LogP contribution in [0.4, 0.5) is 25.8 Å². The van der Waals surface area contributed by atoms with Crippen LogP contribution in [0.5, 0.6) is 0 Å². The molecular formula is C21H22F2N4O3. The van der Waals surface area contributed by atoms with Crippen molar-refractivity contribution in [3.05, 3.63) is 63.7 Å². The van der Waals surface area contributed by atoms with E-state index in [0.29, 0.717) is 37.6 Å². The SMILES string of the molecule is O=C(c1ccccc1F)N1CCN(c2cc(N3CCCC3)c(F)cc2[N+](=O)[O-])CC1. The molecule has 0 bridgehead atoms. The Balaban J connectivity index is 1.55. The second-order valence-corrected chi connectivity index (χ2v) is 7.50. The quantitative estimate of drug-likeness (QED) is 0.564. The molecule has 0 N–H and O–H groups in total. The molecule has 2 aliphatic heterocycles. The van der Waals surface area contributed by atoms with Gasteiger partial charge in [0.05, 0.1) is 22.2 Å². The van der Waals surface area contributed by atoms with E-state index in [1.807, 2.05) is 4.90 Å². The van der Waals surface area contributed by atoms with Gasteiger partial charge in [-0.3, -0.25) is 14.9 Å². The molecule has 30 heavy (non-hydrogen) atoms. The summed E-state index contributed by atoms with van der Waals surface area (Å²) in [5, 5.41) is 11.5. The Morgan fingerprint density at radius 1 is 0.867 bits per heavy atom. The summed E-state index contributed by atoms with van der Waals surface area (Å²) >= 11 is 0. The predicted molar refractivity (Wildman–Crippen MR) is 109 cm³/mol. The van der Waals surface area contributed by atoms with Gasteiger partial charge in [-0.05, 0) is 31.0 Å². The summed E-state index contributed by atoms with van der Waals surface area (Å²) in [6, 6.07) is 8.35. The largest absolute Gasteiger partial charge is 0.369 e. The molecule has 7 nitrogen and oxygen atoms in total. The van der Waals surface area contributed by atoms with Crippen molar-refractivity contribution in [3.8, 4) is 0 Å². The van der Waals surface area contributed by atoms with Crippen molar-refractivity contribution >= 4 is 23.0 Å². The zero-order valence-corrected chi connectivity index (χ0v) is 16.4. The number of hydrogen-bond acceptors (Lipinski definition) is 5. The van der Waals surface area contributed by atoms with Crippen LogP contribution in [-0.2, 0) is 0 Å². The molecule has 0 radical (unpaired) electrons. The molecule has 2 saturated heterocycles. The van der Waals surface area contributed by atoms with E-state index in [0.717, 1.165) is 32.0 Å². The van der Waals surface area contributed by atoms with Crippen molar-refractivity contribution < 1.29 is 18.5 Å². The molecule has 0 unspecified atom stereocenters. The molecule has 2 heterocycles. The molecule has 2 fully saturated rings. The van der Waals surface area contributed by atoms with Gasteiger partial charge in [0.1, 0.15) is 11.5 Å². The van der Waals surface area contributed by atoms with Crippen LogP contribution in [-0.4, -0.2) is 55.0 Å². The van der Waals surface area contributed by atoms with Crippen LogP contribution >= 0.6 is 0 Å². The van der Waals surface area contributed by atoms with Crippen molar-refractivity contribution in [2.75, 3.05) is 49.1 Å². The van der Waals surface area contributed by atoms with Gasteiger partial charge < -0.3 is 14.7 Å². The maximum atomic E-state index is 14.5. The average Bonchev–Trinajstić information content (AvgIpc) is 3.28. The molecule has 0 aliphatic carbocycles. The molecular weight excluding hydrogens is 394 g/mol. The minimum atomic E-state index is -0.597. The van der Waals surface area contributed by atoms with Crippen LogP contribution in [0.3, 0.4) is 0 Å². The summed E-state index contributed by atoms with van der Waals surface area (Å²) in [7, 11) is 0. The van der Waals surface area contributed by atoms with Gasteiger partial charge in [0, 0.05) is 39.3 Å². The number of halogens is 2. The van der Waals surface area contributed by atoms with E-state index in [9.17, 15) is 23.7 Å². The normalized spacial score (nSPS) is 16.8. The lowest BCUT2D eigenvalue weighted by Gasteiger charge is -2.36. The van der Waals surface area contributed by atoms with Crippen LogP contribution in [0.1, 0.15) is 23.2 Å². The molecule has 9 heteroatoms. The molecule has 2 aromatic carbocycles. The number of hydrogen-bond donors (Lipinski definition) is 0. The number of rotatable bonds is 4. The molecule has 0 aromatic heterocycles. The van der Waals surface area contributed by atoms with Gasteiger partial charge in [0.2, 0.25) is 0 Å². The Bertz CT molecular complexity index is 971. The maximum absolute atomic E-state index is 14.5. The van der Waals surface area contributed by atoms with Gasteiger partial charge in [0.15, 0.2) is 5.82 Å². The van der Waals surface area contributed by atoms with E-state index in [1.165, 1.54) is 23.1 Å². The van der Waals surface area contributed by atoms with Crippen LogP contribution in [0.2, 0.25) is 0 Å². The first kappa shape index (κ1) is 20.1. The molecule has 2 aromatic rings. The Hall–Kier alpha value is -3.23. The fourth-order valence-electron chi connectivity index (χ4n) is 4.10. The van der Waals surface area contributed by atoms with Crippen molar-refractivity contribution in [1.29, 1.82) is 0 Å². The first-order valence-electron chi connectivity index (χ1n) is 9.97. The highest BCUT2D eigenvalue weighted by atomic mass is 19.1. The van der Waals surface area contributed by atoms with Crippen molar-refractivity contribution in [3.63, 3.8) is 0 Å². The predicted octanol–water partition coefficient (Wildman–Crippen LogP) is 3.44. The molecule has 0 saturated carbocycles. The van der Waals surface area contributed by atoms with Crippen molar-refractivity contribution in [2.24, 2.45) is 0 Å². The Labute approximate surface area is 172 Å². The Kier molecular flexibility index (Phi) is 5.52. The second-order valence-electron chi connectivity index (χ2n) is 7.50. The summed E-state index contributed by atoms with van der Waals surface area (Å²) in [4.78, 5) is 28.8. The number of piperazine rings is 1. The molecule has 1 amide bonds. The number of nitro benzene ring substituents is 1. The van der Waals surface area contributed by atoms with E-state index in [1.54, 1.807) is 17.0 Å². The Morgan fingerprint density at radius 2 is 1.50 bits per heavy atom. The summed E-state index contributed by atoms with van der Waals surface area (Å²) in [6.07, 6.45) is 1.92. The van der Waals surface area contributed by atoms with Gasteiger partial charge in [-0.15, -0.1) is 0 Å².